The van der Waals surface area contributed by atoms with Gasteiger partial charge in [-0.1, -0.05) is 0 Å². The maximum Gasteiger partial charge on any atom is 0.225 e. The smallest absolute Gasteiger partial charge is 0.225 e. The summed E-state index contributed by atoms with van der Waals surface area (Å²) in [5.74, 6) is 2.72. The Hall–Kier alpha value is -1.24. The molecule has 1 atom stereocenters. The third kappa shape index (κ3) is 4.91. The first-order chi connectivity index (χ1) is 10.2. The van der Waals surface area contributed by atoms with Crippen LogP contribution >= 0.6 is 11.8 Å². The minimum Gasteiger partial charge on any atom is -0.494 e. The molecule has 1 aromatic rings. The zero-order valence-electron chi connectivity index (χ0n) is 12.2. The lowest BCUT2D eigenvalue weighted by Crippen LogP contribution is -2.39. The van der Waals surface area contributed by atoms with Crippen molar-refractivity contribution in [1.29, 1.82) is 0 Å². The summed E-state index contributed by atoms with van der Waals surface area (Å²) in [5, 5.41) is 15.6. The van der Waals surface area contributed by atoms with Crippen LogP contribution in [0.4, 0.5) is 5.69 Å². The molecule has 116 valence electrons. The number of aliphatic hydroxyl groups excluding tert-OH is 1. The Morgan fingerprint density at radius 3 is 3.10 bits per heavy atom. The van der Waals surface area contributed by atoms with Crippen LogP contribution in [0, 0.1) is 0 Å². The lowest BCUT2D eigenvalue weighted by Gasteiger charge is -2.22. The van der Waals surface area contributed by atoms with Crippen molar-refractivity contribution in [2.45, 2.75) is 26.0 Å². The van der Waals surface area contributed by atoms with Crippen LogP contribution in [0.5, 0.6) is 5.75 Å². The third-order valence-corrected chi connectivity index (χ3v) is 4.38. The van der Waals surface area contributed by atoms with E-state index in [2.05, 4.69) is 10.6 Å². The second-order valence-electron chi connectivity index (χ2n) is 4.89. The Labute approximate surface area is 129 Å². The van der Waals surface area contributed by atoms with E-state index in [1.807, 2.05) is 18.7 Å². The van der Waals surface area contributed by atoms with Crippen molar-refractivity contribution in [1.82, 2.24) is 5.32 Å². The molecule has 21 heavy (non-hydrogen) atoms. The van der Waals surface area contributed by atoms with Gasteiger partial charge in [-0.05, 0) is 25.1 Å². The van der Waals surface area contributed by atoms with Crippen molar-refractivity contribution in [2.75, 3.05) is 30.0 Å². The molecule has 1 aromatic carbocycles. The summed E-state index contributed by atoms with van der Waals surface area (Å²) in [6, 6.07) is 5.57. The average Bonchev–Trinajstić information content (AvgIpc) is 2.50. The molecule has 1 saturated heterocycles. The molecule has 0 saturated carbocycles. The van der Waals surface area contributed by atoms with Crippen molar-refractivity contribution in [3.8, 4) is 5.75 Å². The Morgan fingerprint density at radius 1 is 1.57 bits per heavy atom. The van der Waals surface area contributed by atoms with E-state index in [0.717, 1.165) is 18.1 Å². The van der Waals surface area contributed by atoms with Gasteiger partial charge >= 0.3 is 0 Å². The molecule has 0 spiro atoms. The fourth-order valence-corrected chi connectivity index (χ4v) is 3.21. The fraction of sp³-hybridized carbons (Fsp3) is 0.533. The first kappa shape index (κ1) is 16.1. The van der Waals surface area contributed by atoms with Crippen LogP contribution in [-0.4, -0.2) is 41.7 Å². The van der Waals surface area contributed by atoms with Gasteiger partial charge in [-0.15, -0.1) is 0 Å². The summed E-state index contributed by atoms with van der Waals surface area (Å²) in [6.07, 6.45) is 0.467. The van der Waals surface area contributed by atoms with Gasteiger partial charge in [0.15, 0.2) is 0 Å². The van der Waals surface area contributed by atoms with E-state index >= 15 is 0 Å². The second-order valence-corrected chi connectivity index (χ2v) is 6.04. The van der Waals surface area contributed by atoms with Gasteiger partial charge in [0.25, 0.3) is 0 Å². The summed E-state index contributed by atoms with van der Waals surface area (Å²) in [4.78, 5) is 12.0. The first-order valence-electron chi connectivity index (χ1n) is 7.20. The molecular weight excluding hydrogens is 288 g/mol. The highest BCUT2D eigenvalue weighted by Crippen LogP contribution is 2.23. The number of rotatable bonds is 6. The highest BCUT2D eigenvalue weighted by atomic mass is 32.2. The largest absolute Gasteiger partial charge is 0.494 e. The van der Waals surface area contributed by atoms with Gasteiger partial charge in [0.1, 0.15) is 5.75 Å². The maximum absolute atomic E-state index is 12.0. The molecule has 1 heterocycles. The predicted molar refractivity (Wildman–Crippen MR) is 85.9 cm³/mol. The molecule has 5 nitrogen and oxygen atoms in total. The number of thioether (sulfide) groups is 1. The number of hydrogen-bond donors (Lipinski definition) is 3. The van der Waals surface area contributed by atoms with Gasteiger partial charge in [0.05, 0.1) is 13.2 Å². The highest BCUT2D eigenvalue weighted by molar-refractivity contribution is 7.99. The maximum atomic E-state index is 12.0. The van der Waals surface area contributed by atoms with Crippen LogP contribution in [0.2, 0.25) is 0 Å². The first-order valence-corrected chi connectivity index (χ1v) is 8.36. The van der Waals surface area contributed by atoms with Crippen molar-refractivity contribution < 1.29 is 14.6 Å². The van der Waals surface area contributed by atoms with Gasteiger partial charge in [-0.3, -0.25) is 4.79 Å². The van der Waals surface area contributed by atoms with Gasteiger partial charge in [-0.25, -0.2) is 0 Å². The Kier molecular flexibility index (Phi) is 6.35. The molecule has 1 unspecified atom stereocenters. The third-order valence-electron chi connectivity index (χ3n) is 3.24. The van der Waals surface area contributed by atoms with E-state index in [1.54, 1.807) is 18.2 Å². The summed E-state index contributed by atoms with van der Waals surface area (Å²) in [5.41, 5.74) is 1.37. The molecule has 1 amide bonds. The zero-order chi connectivity index (χ0) is 15.1. The Bertz CT molecular complexity index is 476. The molecule has 0 bridgehead atoms. The lowest BCUT2D eigenvalue weighted by atomic mass is 10.1. The number of carbonyl (C=O) groups excluding carboxylic acids is 1. The van der Waals surface area contributed by atoms with Gasteiger partial charge in [0, 0.05) is 41.8 Å². The molecular formula is C15H22N2O3S. The van der Waals surface area contributed by atoms with E-state index in [9.17, 15) is 9.90 Å². The Morgan fingerprint density at radius 2 is 2.43 bits per heavy atom. The van der Waals surface area contributed by atoms with Crippen molar-refractivity contribution in [3.63, 3.8) is 0 Å². The number of nitrogens with one attached hydrogen (secondary N) is 2. The number of amides is 1. The highest BCUT2D eigenvalue weighted by Gasteiger charge is 2.17. The summed E-state index contributed by atoms with van der Waals surface area (Å²) in [6.45, 7) is 3.29. The van der Waals surface area contributed by atoms with E-state index < -0.39 is 0 Å². The predicted octanol–water partition coefficient (Wildman–Crippen LogP) is 1.61. The normalized spacial score (nSPS) is 18.3. The minimum absolute atomic E-state index is 0.0111. The standard InChI is InChI=1S/C15H22N2O3S/c1-2-20-14-4-3-12(7-11(14)9-18)17-15(19)8-13-10-21-6-5-16-13/h3-4,7,13,16,18H,2,5-6,8-10H2,1H3,(H,17,19). The number of anilines is 1. The van der Waals surface area contributed by atoms with E-state index in [-0.39, 0.29) is 18.6 Å². The van der Waals surface area contributed by atoms with Crippen LogP contribution in [0.3, 0.4) is 0 Å². The SMILES string of the molecule is CCOc1ccc(NC(=O)CC2CSCCN2)cc1CO. The van der Waals surface area contributed by atoms with E-state index in [0.29, 0.717) is 30.0 Å². The molecule has 3 N–H and O–H groups in total. The number of carbonyl (C=O) groups is 1. The topological polar surface area (TPSA) is 70.6 Å². The molecule has 6 heteroatoms. The molecule has 0 radical (unpaired) electrons. The van der Waals surface area contributed by atoms with E-state index in [4.69, 9.17) is 4.74 Å². The summed E-state index contributed by atoms with van der Waals surface area (Å²) < 4.78 is 5.42. The van der Waals surface area contributed by atoms with Crippen molar-refractivity contribution >= 4 is 23.4 Å². The average molecular weight is 310 g/mol. The molecule has 1 aliphatic heterocycles. The molecule has 2 rings (SSSR count). The van der Waals surface area contributed by atoms with Crippen LogP contribution in [0.15, 0.2) is 18.2 Å². The lowest BCUT2D eigenvalue weighted by molar-refractivity contribution is -0.116. The monoisotopic (exact) mass is 310 g/mol. The Balaban J connectivity index is 1.93. The summed E-state index contributed by atoms with van der Waals surface area (Å²) >= 11 is 1.87. The van der Waals surface area contributed by atoms with Gasteiger partial charge in [-0.2, -0.15) is 11.8 Å². The van der Waals surface area contributed by atoms with Crippen LogP contribution in [0.25, 0.3) is 0 Å². The molecule has 0 aromatic heterocycles. The quantitative estimate of drug-likeness (QED) is 0.745. The number of hydrogen-bond acceptors (Lipinski definition) is 5. The molecule has 1 fully saturated rings. The van der Waals surface area contributed by atoms with Crippen molar-refractivity contribution in [3.05, 3.63) is 23.8 Å². The van der Waals surface area contributed by atoms with Crippen molar-refractivity contribution in [2.24, 2.45) is 0 Å². The van der Waals surface area contributed by atoms with Gasteiger partial charge in [0.2, 0.25) is 5.91 Å². The number of aliphatic hydroxyl groups is 1. The molecule has 0 aliphatic carbocycles. The number of benzene rings is 1. The second kappa shape index (κ2) is 8.26. The zero-order valence-corrected chi connectivity index (χ0v) is 13.0. The minimum atomic E-state index is -0.111. The van der Waals surface area contributed by atoms with Gasteiger partial charge < -0.3 is 20.5 Å². The summed E-state index contributed by atoms with van der Waals surface area (Å²) in [7, 11) is 0. The van der Waals surface area contributed by atoms with E-state index in [1.165, 1.54) is 0 Å². The van der Waals surface area contributed by atoms with Crippen LogP contribution in [-0.2, 0) is 11.4 Å². The van der Waals surface area contributed by atoms with Crippen LogP contribution < -0.4 is 15.4 Å². The number of ether oxygens (including phenoxy) is 1. The van der Waals surface area contributed by atoms with Crippen LogP contribution in [0.1, 0.15) is 18.9 Å². The fourth-order valence-electron chi connectivity index (χ4n) is 2.26. The molecule has 1 aliphatic rings.